The molecule has 7 nitrogen and oxygen atoms in total. The molecule has 0 aliphatic carbocycles. The molecule has 0 unspecified atom stereocenters. The van der Waals surface area contributed by atoms with Crippen LogP contribution in [0.15, 0.2) is 78.0 Å². The Morgan fingerprint density at radius 2 is 1.79 bits per heavy atom. The Kier molecular flexibility index (Phi) is 5.95. The minimum absolute atomic E-state index is 0.110. The molecule has 1 amide bonds. The summed E-state index contributed by atoms with van der Waals surface area (Å²) < 4.78 is 26.9. The fraction of sp³-hybridized carbons (Fsp3) is 0.125. The molecule has 4 aromatic rings. The van der Waals surface area contributed by atoms with Gasteiger partial charge in [-0.05, 0) is 29.8 Å². The van der Waals surface area contributed by atoms with Gasteiger partial charge in [0.15, 0.2) is 22.5 Å². The van der Waals surface area contributed by atoms with Crippen molar-refractivity contribution in [2.75, 3.05) is 17.9 Å². The number of carbonyl (C=O) groups excluding carboxylic acids is 1. The molecule has 2 heterocycles. The summed E-state index contributed by atoms with van der Waals surface area (Å²) >= 11 is 1.24. The van der Waals surface area contributed by atoms with Crippen LogP contribution in [-0.2, 0) is 11.3 Å². The summed E-state index contributed by atoms with van der Waals surface area (Å²) in [6, 6.07) is 21.4. The molecule has 0 radical (unpaired) electrons. The number of fused-ring (bicyclic) bond motifs is 1. The van der Waals surface area contributed by atoms with Crippen LogP contribution in [0.4, 0.5) is 10.1 Å². The highest BCUT2D eigenvalue weighted by Gasteiger charge is 2.19. The molecule has 0 bridgehead atoms. The van der Waals surface area contributed by atoms with E-state index in [1.807, 2.05) is 34.9 Å². The number of anilines is 1. The summed E-state index contributed by atoms with van der Waals surface area (Å²) in [5.74, 6) is 1.18. The normalized spacial score (nSPS) is 12.0. The first-order chi connectivity index (χ1) is 16.2. The van der Waals surface area contributed by atoms with Crippen LogP contribution in [0.25, 0.3) is 11.4 Å². The molecule has 0 saturated heterocycles. The Morgan fingerprint density at radius 1 is 1.00 bits per heavy atom. The molecular weight excluding hydrogens is 443 g/mol. The predicted molar refractivity (Wildman–Crippen MR) is 123 cm³/mol. The zero-order chi connectivity index (χ0) is 22.6. The smallest absolute Gasteiger partial charge is 0.234 e. The lowest BCUT2D eigenvalue weighted by Gasteiger charge is -2.11. The highest BCUT2D eigenvalue weighted by molar-refractivity contribution is 7.99. The van der Waals surface area contributed by atoms with Gasteiger partial charge in [0.2, 0.25) is 12.7 Å². The number of rotatable bonds is 7. The maximum atomic E-state index is 14.5. The highest BCUT2D eigenvalue weighted by Crippen LogP contribution is 2.34. The summed E-state index contributed by atoms with van der Waals surface area (Å²) in [5.41, 5.74) is 1.99. The Bertz CT molecular complexity index is 1300. The number of aromatic nitrogens is 3. The topological polar surface area (TPSA) is 78.3 Å². The molecule has 5 rings (SSSR count). The average Bonchev–Trinajstić information content (AvgIpc) is 3.45. The molecule has 166 valence electrons. The molecule has 9 heteroatoms. The lowest BCUT2D eigenvalue weighted by Crippen LogP contribution is -2.15. The van der Waals surface area contributed by atoms with Crippen LogP contribution < -0.4 is 14.8 Å². The lowest BCUT2D eigenvalue weighted by molar-refractivity contribution is -0.113. The van der Waals surface area contributed by atoms with Crippen LogP contribution in [0.3, 0.4) is 0 Å². The summed E-state index contributed by atoms with van der Waals surface area (Å²) in [7, 11) is 0. The predicted octanol–water partition coefficient (Wildman–Crippen LogP) is 4.59. The standard InChI is InChI=1S/C24H19FN4O3S/c25-19-9-5-4-8-18(19)23-27-28-24(29(23)13-16-6-2-1-3-7-16)33-14-22(30)26-17-10-11-20-21(12-17)32-15-31-20/h1-12H,13-15H2,(H,26,30). The number of thioether (sulfide) groups is 1. The maximum absolute atomic E-state index is 14.5. The summed E-state index contributed by atoms with van der Waals surface area (Å²) in [4.78, 5) is 12.6. The van der Waals surface area contributed by atoms with Gasteiger partial charge in [-0.1, -0.05) is 54.2 Å². The van der Waals surface area contributed by atoms with Crippen molar-refractivity contribution in [1.29, 1.82) is 0 Å². The Labute approximate surface area is 193 Å². The molecule has 33 heavy (non-hydrogen) atoms. The van der Waals surface area contributed by atoms with Crippen molar-refractivity contribution >= 4 is 23.4 Å². The number of hydrogen-bond donors (Lipinski definition) is 1. The van der Waals surface area contributed by atoms with E-state index >= 15 is 0 Å². The third-order valence-electron chi connectivity index (χ3n) is 5.00. The molecule has 3 aromatic carbocycles. The van der Waals surface area contributed by atoms with E-state index in [1.54, 1.807) is 36.4 Å². The quantitative estimate of drug-likeness (QED) is 0.405. The number of benzene rings is 3. The fourth-order valence-corrected chi connectivity index (χ4v) is 4.19. The van der Waals surface area contributed by atoms with Crippen LogP contribution in [0.5, 0.6) is 11.5 Å². The minimum Gasteiger partial charge on any atom is -0.454 e. The van der Waals surface area contributed by atoms with Crippen LogP contribution in [0.2, 0.25) is 0 Å². The first-order valence-corrected chi connectivity index (χ1v) is 11.2. The van der Waals surface area contributed by atoms with Crippen LogP contribution in [0, 0.1) is 5.82 Å². The number of ether oxygens (including phenoxy) is 2. The van der Waals surface area contributed by atoms with Gasteiger partial charge in [0, 0.05) is 11.8 Å². The average molecular weight is 463 g/mol. The third-order valence-corrected chi connectivity index (χ3v) is 5.97. The summed E-state index contributed by atoms with van der Waals surface area (Å²) in [6.45, 7) is 0.619. The van der Waals surface area contributed by atoms with Gasteiger partial charge < -0.3 is 14.8 Å². The van der Waals surface area contributed by atoms with Crippen molar-refractivity contribution in [3.63, 3.8) is 0 Å². The highest BCUT2D eigenvalue weighted by atomic mass is 32.2. The molecule has 1 N–H and O–H groups in total. The first-order valence-electron chi connectivity index (χ1n) is 10.2. The van der Waals surface area contributed by atoms with Crippen molar-refractivity contribution in [2.45, 2.75) is 11.7 Å². The van der Waals surface area contributed by atoms with Crippen molar-refractivity contribution < 1.29 is 18.7 Å². The van der Waals surface area contributed by atoms with Crippen LogP contribution in [-0.4, -0.2) is 33.2 Å². The zero-order valence-corrected chi connectivity index (χ0v) is 18.2. The number of carbonyl (C=O) groups is 1. The van der Waals surface area contributed by atoms with E-state index in [2.05, 4.69) is 15.5 Å². The van der Waals surface area contributed by atoms with Crippen molar-refractivity contribution in [2.24, 2.45) is 0 Å². The van der Waals surface area contributed by atoms with Gasteiger partial charge in [-0.25, -0.2) is 4.39 Å². The van der Waals surface area contributed by atoms with Gasteiger partial charge in [0.1, 0.15) is 5.82 Å². The fourth-order valence-electron chi connectivity index (χ4n) is 3.45. The van der Waals surface area contributed by atoms with E-state index in [-0.39, 0.29) is 24.3 Å². The number of halogens is 1. The molecule has 1 aliphatic heterocycles. The van der Waals surface area contributed by atoms with E-state index in [0.717, 1.165) is 5.56 Å². The van der Waals surface area contributed by atoms with E-state index in [9.17, 15) is 9.18 Å². The van der Waals surface area contributed by atoms with Gasteiger partial charge in [0.05, 0.1) is 17.9 Å². The van der Waals surface area contributed by atoms with Crippen molar-refractivity contribution in [3.8, 4) is 22.9 Å². The second-order valence-corrected chi connectivity index (χ2v) is 8.21. The number of amides is 1. The van der Waals surface area contributed by atoms with Crippen molar-refractivity contribution in [1.82, 2.24) is 14.8 Å². The van der Waals surface area contributed by atoms with Gasteiger partial charge >= 0.3 is 0 Å². The van der Waals surface area contributed by atoms with Crippen LogP contribution in [0.1, 0.15) is 5.56 Å². The molecule has 1 aliphatic rings. The minimum atomic E-state index is -0.378. The van der Waals surface area contributed by atoms with E-state index in [0.29, 0.717) is 40.3 Å². The van der Waals surface area contributed by atoms with Gasteiger partial charge in [-0.3, -0.25) is 9.36 Å². The first kappa shape index (κ1) is 21.0. The molecule has 0 spiro atoms. The Morgan fingerprint density at radius 3 is 2.64 bits per heavy atom. The number of nitrogens with one attached hydrogen (secondary N) is 1. The molecule has 0 fully saturated rings. The molecule has 1 aromatic heterocycles. The van der Waals surface area contributed by atoms with E-state index in [1.165, 1.54) is 17.8 Å². The second-order valence-electron chi connectivity index (χ2n) is 7.26. The molecular formula is C24H19FN4O3S. The summed E-state index contributed by atoms with van der Waals surface area (Å²) in [5, 5.41) is 11.9. The zero-order valence-electron chi connectivity index (χ0n) is 17.4. The number of nitrogens with zero attached hydrogens (tertiary/aromatic N) is 3. The Hall–Kier alpha value is -3.85. The second kappa shape index (κ2) is 9.33. The molecule has 0 saturated carbocycles. The molecule has 0 atom stereocenters. The van der Waals surface area contributed by atoms with Crippen LogP contribution >= 0.6 is 11.8 Å². The Balaban J connectivity index is 1.35. The SMILES string of the molecule is O=C(CSc1nnc(-c2ccccc2F)n1Cc1ccccc1)Nc1ccc2c(c1)OCO2. The third kappa shape index (κ3) is 4.68. The largest absolute Gasteiger partial charge is 0.454 e. The monoisotopic (exact) mass is 462 g/mol. The maximum Gasteiger partial charge on any atom is 0.234 e. The van der Waals surface area contributed by atoms with Gasteiger partial charge in [-0.15, -0.1) is 10.2 Å². The number of hydrogen-bond acceptors (Lipinski definition) is 6. The van der Waals surface area contributed by atoms with Crippen molar-refractivity contribution in [3.05, 3.63) is 84.2 Å². The summed E-state index contributed by atoms with van der Waals surface area (Å²) in [6.07, 6.45) is 0. The van der Waals surface area contributed by atoms with E-state index in [4.69, 9.17) is 9.47 Å². The van der Waals surface area contributed by atoms with Gasteiger partial charge in [0.25, 0.3) is 0 Å². The van der Waals surface area contributed by atoms with Gasteiger partial charge in [-0.2, -0.15) is 0 Å². The van der Waals surface area contributed by atoms with E-state index < -0.39 is 0 Å². The lowest BCUT2D eigenvalue weighted by atomic mass is 10.2.